The van der Waals surface area contributed by atoms with Gasteiger partial charge in [0, 0.05) is 11.8 Å². The summed E-state index contributed by atoms with van der Waals surface area (Å²) in [6.45, 7) is 0.572. The Morgan fingerprint density at radius 3 is 2.23 bits per heavy atom. The molecule has 1 aromatic rings. The molecule has 1 saturated heterocycles. The Hall–Kier alpha value is -1.03. The summed E-state index contributed by atoms with van der Waals surface area (Å²) in [7, 11) is -16.8. The van der Waals surface area contributed by atoms with E-state index in [1.165, 1.54) is 0 Å². The number of aryl methyl sites for hydroxylation is 1. The van der Waals surface area contributed by atoms with Crippen molar-refractivity contribution in [2.75, 3.05) is 6.61 Å². The summed E-state index contributed by atoms with van der Waals surface area (Å²) < 4.78 is 51.0. The standard InChI is InChI=1S/C11H19N2O15P3/c1-2-5-3-13(11(17)12-9(5)16)10-8(15)7(14)6(26-10)4-25-30(21,22)28-31(23,24)27-29(18,19)20/h3,6-8,10,14-15H,2,4H2,1H3,(H,21,22)(H,23,24)(H,12,16,17)(H2,18,19,20)/t6-,7?,8+,10-/m1/s1. The molecule has 1 aliphatic rings. The van der Waals surface area contributed by atoms with Gasteiger partial charge in [0.15, 0.2) is 6.23 Å². The van der Waals surface area contributed by atoms with Gasteiger partial charge in [0.1, 0.15) is 18.3 Å². The number of nitrogens with one attached hydrogen (secondary N) is 1. The van der Waals surface area contributed by atoms with Crippen LogP contribution < -0.4 is 11.2 Å². The third-order valence-electron chi connectivity index (χ3n) is 3.85. The van der Waals surface area contributed by atoms with Crippen LogP contribution in [0.25, 0.3) is 0 Å². The molecule has 0 aliphatic carbocycles. The molecule has 17 nitrogen and oxygen atoms in total. The molecule has 20 heteroatoms. The zero-order valence-electron chi connectivity index (χ0n) is 15.4. The minimum atomic E-state index is -5.74. The fourth-order valence-electron chi connectivity index (χ4n) is 2.54. The van der Waals surface area contributed by atoms with Crippen LogP contribution in [0.3, 0.4) is 0 Å². The second kappa shape index (κ2) is 9.45. The quantitative estimate of drug-likeness (QED) is 0.177. The van der Waals surface area contributed by atoms with Gasteiger partial charge < -0.3 is 34.5 Å². The molecule has 1 fully saturated rings. The molecule has 2 heterocycles. The highest BCUT2D eigenvalue weighted by Gasteiger charge is 2.46. The zero-order chi connectivity index (χ0) is 23.8. The number of nitrogens with zero attached hydrogens (tertiary/aromatic N) is 1. The number of rotatable bonds is 9. The number of aliphatic hydroxyl groups excluding tert-OH is 2. The first-order valence-electron chi connectivity index (χ1n) is 8.19. The van der Waals surface area contributed by atoms with Crippen molar-refractivity contribution in [1.82, 2.24) is 9.55 Å². The maximum Gasteiger partial charge on any atom is 0.490 e. The normalized spacial score (nSPS) is 28.2. The molecule has 0 aromatic carbocycles. The van der Waals surface area contributed by atoms with Gasteiger partial charge in [0.05, 0.1) is 6.61 Å². The van der Waals surface area contributed by atoms with Crippen LogP contribution in [0.15, 0.2) is 15.8 Å². The predicted octanol–water partition coefficient (Wildman–Crippen LogP) is -1.94. The fourth-order valence-corrected chi connectivity index (χ4v) is 5.57. The van der Waals surface area contributed by atoms with Gasteiger partial charge in [-0.25, -0.2) is 18.5 Å². The number of H-pyrrole nitrogens is 1. The van der Waals surface area contributed by atoms with Crippen molar-refractivity contribution in [3.05, 3.63) is 32.6 Å². The molecule has 0 saturated carbocycles. The number of phosphoric ester groups is 1. The van der Waals surface area contributed by atoms with Gasteiger partial charge in [0.2, 0.25) is 0 Å². The predicted molar refractivity (Wildman–Crippen MR) is 96.4 cm³/mol. The van der Waals surface area contributed by atoms with Crippen molar-refractivity contribution in [2.24, 2.45) is 0 Å². The highest BCUT2D eigenvalue weighted by Crippen LogP contribution is 2.66. The second-order valence-electron chi connectivity index (χ2n) is 6.11. The lowest BCUT2D eigenvalue weighted by molar-refractivity contribution is -0.0543. The topological polar surface area (TPSA) is 264 Å². The van der Waals surface area contributed by atoms with Crippen LogP contribution in [-0.2, 0) is 38.0 Å². The number of aliphatic hydroxyl groups is 2. The van der Waals surface area contributed by atoms with Gasteiger partial charge in [-0.05, 0) is 6.42 Å². The summed E-state index contributed by atoms with van der Waals surface area (Å²) in [5.74, 6) is 0. The molecular weight excluding hydrogens is 493 g/mol. The van der Waals surface area contributed by atoms with Crippen molar-refractivity contribution in [3.63, 3.8) is 0 Å². The molecule has 7 N–H and O–H groups in total. The fraction of sp³-hybridized carbons (Fsp3) is 0.636. The van der Waals surface area contributed by atoms with Crippen molar-refractivity contribution in [3.8, 4) is 0 Å². The Balaban J connectivity index is 2.12. The van der Waals surface area contributed by atoms with Crippen molar-refractivity contribution in [2.45, 2.75) is 37.9 Å². The van der Waals surface area contributed by atoms with E-state index in [-0.39, 0.29) is 12.0 Å². The summed E-state index contributed by atoms with van der Waals surface area (Å²) in [5.41, 5.74) is -1.49. The van der Waals surface area contributed by atoms with Crippen molar-refractivity contribution < 1.29 is 61.4 Å². The van der Waals surface area contributed by atoms with Gasteiger partial charge in [0.25, 0.3) is 5.56 Å². The highest BCUT2D eigenvalue weighted by molar-refractivity contribution is 7.66. The maximum absolute atomic E-state index is 12.0. The van der Waals surface area contributed by atoms with E-state index in [1.807, 2.05) is 4.98 Å². The molecule has 31 heavy (non-hydrogen) atoms. The molecule has 2 rings (SSSR count). The van der Waals surface area contributed by atoms with Crippen LogP contribution in [0, 0.1) is 0 Å². The summed E-state index contributed by atoms with van der Waals surface area (Å²) >= 11 is 0. The monoisotopic (exact) mass is 512 g/mol. The van der Waals surface area contributed by atoms with Crippen molar-refractivity contribution in [1.29, 1.82) is 0 Å². The van der Waals surface area contributed by atoms with E-state index in [0.29, 0.717) is 0 Å². The minimum absolute atomic E-state index is 0.154. The van der Waals surface area contributed by atoms with E-state index in [0.717, 1.165) is 10.8 Å². The lowest BCUT2D eigenvalue weighted by Gasteiger charge is -2.19. The largest absolute Gasteiger partial charge is 0.490 e. The van der Waals surface area contributed by atoms with Gasteiger partial charge in [-0.1, -0.05) is 6.92 Å². The average Bonchev–Trinajstić information content (AvgIpc) is 2.85. The first-order chi connectivity index (χ1) is 14.1. The first-order valence-corrected chi connectivity index (χ1v) is 12.7. The van der Waals surface area contributed by atoms with E-state index >= 15 is 0 Å². The lowest BCUT2D eigenvalue weighted by atomic mass is 10.1. The van der Waals surface area contributed by atoms with Crippen LogP contribution in [0.5, 0.6) is 0 Å². The molecule has 0 radical (unpaired) electrons. The van der Waals surface area contributed by atoms with E-state index in [4.69, 9.17) is 19.4 Å². The summed E-state index contributed by atoms with van der Waals surface area (Å²) in [4.78, 5) is 61.1. The van der Waals surface area contributed by atoms with Crippen LogP contribution in [-0.4, -0.2) is 64.3 Å². The number of ether oxygens (including phenoxy) is 1. The highest BCUT2D eigenvalue weighted by atomic mass is 31.3. The smallest absolute Gasteiger partial charge is 0.387 e. The number of hydrogen-bond acceptors (Lipinski definition) is 11. The Kier molecular flexibility index (Phi) is 7.99. The molecule has 6 atom stereocenters. The zero-order valence-corrected chi connectivity index (χ0v) is 18.1. The second-order valence-corrected chi connectivity index (χ2v) is 10.5. The summed E-state index contributed by atoms with van der Waals surface area (Å²) in [6.07, 6.45) is -5.36. The third kappa shape index (κ3) is 6.97. The Bertz CT molecular complexity index is 1060. The average molecular weight is 512 g/mol. The third-order valence-corrected chi connectivity index (χ3v) is 7.65. The number of aromatic nitrogens is 2. The molecule has 1 aromatic heterocycles. The van der Waals surface area contributed by atoms with E-state index < -0.39 is 65.9 Å². The van der Waals surface area contributed by atoms with Gasteiger partial charge >= 0.3 is 29.2 Å². The minimum Gasteiger partial charge on any atom is -0.387 e. The van der Waals surface area contributed by atoms with Crippen LogP contribution in [0.4, 0.5) is 0 Å². The van der Waals surface area contributed by atoms with Crippen LogP contribution in [0.1, 0.15) is 18.7 Å². The molecule has 3 unspecified atom stereocenters. The molecular formula is C11H19N2O15P3. The molecule has 178 valence electrons. The summed E-state index contributed by atoms with van der Waals surface area (Å²) in [6, 6.07) is 0. The van der Waals surface area contributed by atoms with Gasteiger partial charge in [-0.15, -0.1) is 0 Å². The van der Waals surface area contributed by atoms with Gasteiger partial charge in [-0.2, -0.15) is 8.62 Å². The van der Waals surface area contributed by atoms with E-state index in [1.54, 1.807) is 6.92 Å². The van der Waals surface area contributed by atoms with E-state index in [9.17, 15) is 38.4 Å². The van der Waals surface area contributed by atoms with Crippen LogP contribution in [0.2, 0.25) is 0 Å². The molecule has 1 aliphatic heterocycles. The van der Waals surface area contributed by atoms with Crippen molar-refractivity contribution >= 4 is 23.5 Å². The SMILES string of the molecule is CCc1cn([C@@H]2O[C@H](COP(=O)(O)OP(=O)(O)OP(=O)(O)O)C(O)[C@@H]2O)c(=O)[nH]c1=O. The number of aromatic amines is 1. The Morgan fingerprint density at radius 2 is 1.68 bits per heavy atom. The Labute approximate surface area is 172 Å². The summed E-state index contributed by atoms with van der Waals surface area (Å²) in [5, 5.41) is 20.2. The maximum atomic E-state index is 12.0. The van der Waals surface area contributed by atoms with E-state index in [2.05, 4.69) is 13.1 Å². The number of phosphoric acid groups is 3. The lowest BCUT2D eigenvalue weighted by Crippen LogP contribution is -2.38. The van der Waals surface area contributed by atoms with Gasteiger partial charge in [-0.3, -0.25) is 18.9 Å². The first kappa shape index (κ1) is 26.2. The molecule has 0 bridgehead atoms. The number of hydrogen-bond donors (Lipinski definition) is 7. The Morgan fingerprint density at radius 1 is 1.06 bits per heavy atom. The molecule has 0 amide bonds. The molecule has 0 spiro atoms. The van der Waals surface area contributed by atoms with Crippen LogP contribution >= 0.6 is 23.5 Å².